The molecule has 10 rings (SSSR count). The zero-order valence-corrected chi connectivity index (χ0v) is 28.6. The van der Waals surface area contributed by atoms with Crippen molar-refractivity contribution in [1.29, 1.82) is 0 Å². The van der Waals surface area contributed by atoms with E-state index >= 15 is 0 Å². The van der Waals surface area contributed by atoms with Crippen molar-refractivity contribution in [2.75, 3.05) is 0 Å². The van der Waals surface area contributed by atoms with Crippen LogP contribution in [0.2, 0.25) is 0 Å². The highest BCUT2D eigenvalue weighted by Gasteiger charge is 2.21. The van der Waals surface area contributed by atoms with Crippen LogP contribution in [0.1, 0.15) is 0 Å². The molecule has 0 N–H and O–H groups in total. The molecule has 3 aromatic heterocycles. The van der Waals surface area contributed by atoms with Crippen LogP contribution in [0.15, 0.2) is 188 Å². The summed E-state index contributed by atoms with van der Waals surface area (Å²) >= 11 is 0. The van der Waals surface area contributed by atoms with Gasteiger partial charge in [-0.25, -0.2) is 19.9 Å². The van der Waals surface area contributed by atoms with Gasteiger partial charge in [0, 0.05) is 38.4 Å². The fourth-order valence-electron chi connectivity index (χ4n) is 7.31. The Bertz CT molecular complexity index is 2940. The summed E-state index contributed by atoms with van der Waals surface area (Å²) in [7, 11) is 0. The number of aromatic nitrogens is 5. The number of fused-ring (bicyclic) bond motifs is 4. The second-order valence-corrected chi connectivity index (χ2v) is 13.1. The number of para-hydroxylation sites is 1. The lowest BCUT2D eigenvalue weighted by atomic mass is 10.00. The van der Waals surface area contributed by atoms with E-state index in [-0.39, 0.29) is 0 Å². The molecule has 10 aromatic rings. The molecule has 0 radical (unpaired) electrons. The van der Waals surface area contributed by atoms with Crippen LogP contribution < -0.4 is 0 Å². The van der Waals surface area contributed by atoms with Crippen LogP contribution in [-0.2, 0) is 0 Å². The molecule has 0 spiro atoms. The second-order valence-electron chi connectivity index (χ2n) is 13.1. The molecule has 0 saturated carbocycles. The molecule has 7 aromatic carbocycles. The summed E-state index contributed by atoms with van der Waals surface area (Å²) in [6.07, 6.45) is 0. The summed E-state index contributed by atoms with van der Waals surface area (Å²) in [5, 5.41) is 3.25. The lowest BCUT2D eigenvalue weighted by Gasteiger charge is -2.14. The summed E-state index contributed by atoms with van der Waals surface area (Å²) in [5.41, 5.74) is 11.0. The zero-order valence-electron chi connectivity index (χ0n) is 28.6. The molecule has 0 aliphatic rings. The van der Waals surface area contributed by atoms with Gasteiger partial charge in [0.05, 0.1) is 16.9 Å². The fourth-order valence-corrected chi connectivity index (χ4v) is 7.31. The van der Waals surface area contributed by atoms with E-state index in [9.17, 15) is 0 Å². The molecule has 0 aliphatic heterocycles. The molecule has 0 aliphatic carbocycles. The maximum atomic E-state index is 5.32. The number of hydrogen-bond donors (Lipinski definition) is 0. The van der Waals surface area contributed by atoms with E-state index in [4.69, 9.17) is 19.9 Å². The maximum absolute atomic E-state index is 5.32. The Morgan fingerprint density at radius 2 is 0.830 bits per heavy atom. The van der Waals surface area contributed by atoms with Crippen LogP contribution in [-0.4, -0.2) is 24.3 Å². The molecule has 0 saturated heterocycles. The predicted molar refractivity (Wildman–Crippen MR) is 216 cm³/mol. The predicted octanol–water partition coefficient (Wildman–Crippen LogP) is 11.8. The van der Waals surface area contributed by atoms with Crippen molar-refractivity contribution in [3.8, 4) is 67.8 Å². The minimum Gasteiger partial charge on any atom is -0.277 e. The van der Waals surface area contributed by atoms with Crippen LogP contribution in [0.25, 0.3) is 95.1 Å². The largest absolute Gasteiger partial charge is 0.277 e. The van der Waals surface area contributed by atoms with Crippen molar-refractivity contribution >= 4 is 27.3 Å². The molecule has 0 amide bonds. The Labute approximate surface area is 306 Å². The Hall–Kier alpha value is -7.24. The van der Waals surface area contributed by atoms with Crippen LogP contribution >= 0.6 is 0 Å². The molecule has 0 bridgehead atoms. The Morgan fingerprint density at radius 3 is 1.55 bits per heavy atom. The van der Waals surface area contributed by atoms with Gasteiger partial charge in [0.25, 0.3) is 0 Å². The van der Waals surface area contributed by atoms with E-state index in [1.165, 1.54) is 0 Å². The summed E-state index contributed by atoms with van der Waals surface area (Å²) in [4.78, 5) is 20.7. The van der Waals surface area contributed by atoms with E-state index in [0.29, 0.717) is 11.6 Å². The molecule has 53 heavy (non-hydrogen) atoms. The van der Waals surface area contributed by atoms with Gasteiger partial charge in [-0.3, -0.25) is 4.40 Å². The van der Waals surface area contributed by atoms with Crippen molar-refractivity contribution in [2.45, 2.75) is 0 Å². The summed E-state index contributed by atoms with van der Waals surface area (Å²) in [6, 6.07) is 64.9. The highest BCUT2D eigenvalue weighted by atomic mass is 15.1. The molecule has 248 valence electrons. The van der Waals surface area contributed by atoms with Gasteiger partial charge in [-0.05, 0) is 34.9 Å². The first kappa shape index (κ1) is 30.6. The van der Waals surface area contributed by atoms with E-state index in [0.717, 1.165) is 83.5 Å². The van der Waals surface area contributed by atoms with E-state index in [1.807, 2.05) is 48.5 Å². The van der Waals surface area contributed by atoms with Gasteiger partial charge < -0.3 is 0 Å². The lowest BCUT2D eigenvalue weighted by Crippen LogP contribution is -2.03. The average Bonchev–Trinajstić information content (AvgIpc) is 3.58. The third-order valence-electron chi connectivity index (χ3n) is 9.80. The third-order valence-corrected chi connectivity index (χ3v) is 9.80. The number of hydrogen-bond acceptors (Lipinski definition) is 4. The molecule has 3 heterocycles. The van der Waals surface area contributed by atoms with Gasteiger partial charge in [-0.1, -0.05) is 170 Å². The van der Waals surface area contributed by atoms with Crippen molar-refractivity contribution in [2.24, 2.45) is 0 Å². The Balaban J connectivity index is 1.16. The standard InChI is InChI=1S/C48H31N5/c1-4-16-32(17-5-1)43-41-28-12-13-29-42(41)49-46(50-43)37-24-14-22-35(30-37)36-23-15-25-38(31-36)47-51-45(34-20-8-3-9-21-34)52-48-40-27-11-10-26-39(40)44(53(47)48)33-18-6-2-7-19-33/h1-31H. The molecular formula is C48H31N5. The van der Waals surface area contributed by atoms with Crippen LogP contribution in [0.5, 0.6) is 0 Å². The minimum absolute atomic E-state index is 0.686. The first-order valence-electron chi connectivity index (χ1n) is 17.7. The van der Waals surface area contributed by atoms with Crippen molar-refractivity contribution in [3.63, 3.8) is 0 Å². The van der Waals surface area contributed by atoms with Gasteiger partial charge in [0.1, 0.15) is 11.5 Å². The van der Waals surface area contributed by atoms with Gasteiger partial charge in [-0.15, -0.1) is 0 Å². The number of benzene rings is 7. The first-order valence-corrected chi connectivity index (χ1v) is 17.7. The molecular weight excluding hydrogens is 647 g/mol. The normalized spacial score (nSPS) is 11.4. The van der Waals surface area contributed by atoms with Crippen LogP contribution in [0, 0.1) is 0 Å². The van der Waals surface area contributed by atoms with E-state index in [1.54, 1.807) is 0 Å². The smallest absolute Gasteiger partial charge is 0.163 e. The quantitative estimate of drug-likeness (QED) is 0.176. The fraction of sp³-hybridized carbons (Fsp3) is 0. The summed E-state index contributed by atoms with van der Waals surface area (Å²) in [5.74, 6) is 2.20. The van der Waals surface area contributed by atoms with Crippen molar-refractivity contribution in [1.82, 2.24) is 24.3 Å². The molecule has 5 nitrogen and oxygen atoms in total. The minimum atomic E-state index is 0.686. The summed E-state index contributed by atoms with van der Waals surface area (Å²) in [6.45, 7) is 0. The first-order chi connectivity index (χ1) is 26.3. The van der Waals surface area contributed by atoms with E-state index in [2.05, 4.69) is 144 Å². The molecule has 0 unspecified atom stereocenters. The number of nitrogens with zero attached hydrogens (tertiary/aromatic N) is 5. The van der Waals surface area contributed by atoms with Gasteiger partial charge >= 0.3 is 0 Å². The average molecular weight is 678 g/mol. The van der Waals surface area contributed by atoms with Crippen LogP contribution in [0.4, 0.5) is 0 Å². The Kier molecular flexibility index (Phi) is 7.40. The van der Waals surface area contributed by atoms with Crippen molar-refractivity contribution in [3.05, 3.63) is 188 Å². The zero-order chi connectivity index (χ0) is 35.1. The maximum Gasteiger partial charge on any atom is 0.163 e. The topological polar surface area (TPSA) is 56.0 Å². The van der Waals surface area contributed by atoms with E-state index < -0.39 is 0 Å². The molecule has 0 fully saturated rings. The third kappa shape index (κ3) is 5.43. The molecule has 5 heteroatoms. The number of rotatable bonds is 6. The van der Waals surface area contributed by atoms with Crippen LogP contribution in [0.3, 0.4) is 0 Å². The second kappa shape index (κ2) is 12.8. The highest BCUT2D eigenvalue weighted by molar-refractivity contribution is 6.06. The van der Waals surface area contributed by atoms with Gasteiger partial charge in [0.2, 0.25) is 0 Å². The monoisotopic (exact) mass is 677 g/mol. The van der Waals surface area contributed by atoms with Gasteiger partial charge in [-0.2, -0.15) is 0 Å². The lowest BCUT2D eigenvalue weighted by molar-refractivity contribution is 1.05. The van der Waals surface area contributed by atoms with Crippen molar-refractivity contribution < 1.29 is 0 Å². The van der Waals surface area contributed by atoms with Gasteiger partial charge in [0.15, 0.2) is 11.6 Å². The summed E-state index contributed by atoms with van der Waals surface area (Å²) < 4.78 is 2.23. The molecule has 0 atom stereocenters. The Morgan fingerprint density at radius 1 is 0.321 bits per heavy atom. The highest BCUT2D eigenvalue weighted by Crippen LogP contribution is 2.38. The SMILES string of the molecule is c1ccc(-c2nc(-c3cccc(-c4cccc(-c5nc(-c6ccccc6)c6ccccc6n5)c4)c3)n3c(-c4ccccc4)c4ccccc4c3n2)cc1.